The van der Waals surface area contributed by atoms with E-state index >= 15 is 0 Å². The van der Waals surface area contributed by atoms with Crippen LogP contribution in [0.3, 0.4) is 0 Å². The first-order chi connectivity index (χ1) is 5.39. The molecule has 0 aliphatic carbocycles. The lowest BCUT2D eigenvalue weighted by Crippen LogP contribution is -2.11. The number of hydrogen-bond acceptors (Lipinski definition) is 0. The first kappa shape index (κ1) is 10.3. The van der Waals surface area contributed by atoms with E-state index in [1.165, 1.54) is 5.56 Å². The molecule has 0 aliphatic rings. The summed E-state index contributed by atoms with van der Waals surface area (Å²) in [7, 11) is 0. The van der Waals surface area contributed by atoms with Crippen molar-refractivity contribution < 1.29 is 0 Å². The highest BCUT2D eigenvalue weighted by Gasteiger charge is 2.14. The molecule has 0 N–H and O–H groups in total. The zero-order valence-electron chi connectivity index (χ0n) is 7.41. The van der Waals surface area contributed by atoms with Gasteiger partial charge in [-0.05, 0) is 23.1 Å². The lowest BCUT2D eigenvalue weighted by atomic mass is 9.87. The molecule has 0 fully saturated rings. The van der Waals surface area contributed by atoms with Crippen molar-refractivity contribution in [1.29, 1.82) is 0 Å². The first-order valence-corrected chi connectivity index (χ1v) is 5.37. The summed E-state index contributed by atoms with van der Waals surface area (Å²) in [5, 5.41) is 0. The van der Waals surface area contributed by atoms with Gasteiger partial charge in [0.2, 0.25) is 0 Å². The molecule has 12 heavy (non-hydrogen) atoms. The van der Waals surface area contributed by atoms with Crippen molar-refractivity contribution in [3.8, 4) is 0 Å². The molecule has 0 bridgehead atoms. The van der Waals surface area contributed by atoms with Crippen molar-refractivity contribution in [2.24, 2.45) is 0 Å². The highest BCUT2D eigenvalue weighted by Crippen LogP contribution is 2.27. The fourth-order valence-corrected chi connectivity index (χ4v) is 2.13. The Kier molecular flexibility index (Phi) is 3.00. The summed E-state index contributed by atoms with van der Waals surface area (Å²) in [5.74, 6) is 0. The van der Waals surface area contributed by atoms with Crippen molar-refractivity contribution in [2.75, 3.05) is 0 Å². The Morgan fingerprint density at radius 3 is 2.17 bits per heavy atom. The number of halogens is 2. The lowest BCUT2D eigenvalue weighted by Gasteiger charge is -2.19. The van der Waals surface area contributed by atoms with Gasteiger partial charge in [-0.2, -0.15) is 0 Å². The Morgan fingerprint density at radius 1 is 1.17 bits per heavy atom. The molecule has 1 radical (unpaired) electrons. The molecule has 1 rings (SSSR count). The van der Waals surface area contributed by atoms with Crippen LogP contribution >= 0.6 is 31.9 Å². The summed E-state index contributed by atoms with van der Waals surface area (Å²) in [4.78, 5) is 0. The summed E-state index contributed by atoms with van der Waals surface area (Å²) in [6.07, 6.45) is 0. The van der Waals surface area contributed by atoms with E-state index < -0.39 is 0 Å². The maximum absolute atomic E-state index is 3.46. The molecule has 0 saturated heterocycles. The molecule has 1 aromatic carbocycles. The third kappa shape index (κ3) is 2.60. The Bertz CT molecular complexity index is 264. The topological polar surface area (TPSA) is 0 Å². The zero-order chi connectivity index (χ0) is 9.35. The predicted molar refractivity (Wildman–Crippen MR) is 59.4 cm³/mol. The fourth-order valence-electron chi connectivity index (χ4n) is 0.905. The van der Waals surface area contributed by atoms with Gasteiger partial charge in [-0.15, -0.1) is 0 Å². The number of hydrogen-bond donors (Lipinski definition) is 0. The van der Waals surface area contributed by atoms with Gasteiger partial charge in [0.15, 0.2) is 0 Å². The average molecular weight is 291 g/mol. The van der Waals surface area contributed by atoms with E-state index in [2.05, 4.69) is 64.8 Å². The van der Waals surface area contributed by atoms with Crippen LogP contribution in [0.4, 0.5) is 0 Å². The molecule has 1 aromatic rings. The summed E-state index contributed by atoms with van der Waals surface area (Å²) in [6.45, 7) is 6.53. The average Bonchev–Trinajstić information content (AvgIpc) is 1.82. The van der Waals surface area contributed by atoms with E-state index in [9.17, 15) is 0 Å². The maximum Gasteiger partial charge on any atom is 0.0268 e. The normalized spacial score (nSPS) is 11.8. The van der Waals surface area contributed by atoms with Crippen LogP contribution in [0.15, 0.2) is 21.1 Å². The molecule has 2 heteroatoms. The largest absolute Gasteiger partial charge is 0.0561 e. The van der Waals surface area contributed by atoms with Crippen molar-refractivity contribution in [3.05, 3.63) is 32.7 Å². The van der Waals surface area contributed by atoms with Gasteiger partial charge in [0.1, 0.15) is 0 Å². The van der Waals surface area contributed by atoms with Crippen LogP contribution in [-0.4, -0.2) is 0 Å². The van der Waals surface area contributed by atoms with Crippen LogP contribution in [0, 0.1) is 6.07 Å². The van der Waals surface area contributed by atoms with Gasteiger partial charge >= 0.3 is 0 Å². The minimum absolute atomic E-state index is 0.159. The molecule has 65 valence electrons. The van der Waals surface area contributed by atoms with Crippen molar-refractivity contribution in [1.82, 2.24) is 0 Å². The number of rotatable bonds is 0. The van der Waals surface area contributed by atoms with Gasteiger partial charge < -0.3 is 0 Å². The lowest BCUT2D eigenvalue weighted by molar-refractivity contribution is 0.588. The number of benzene rings is 1. The highest BCUT2D eigenvalue weighted by molar-refractivity contribution is 9.11. The van der Waals surface area contributed by atoms with Crippen LogP contribution in [0.25, 0.3) is 0 Å². The second kappa shape index (κ2) is 3.51. The van der Waals surface area contributed by atoms with Gasteiger partial charge in [0, 0.05) is 15.0 Å². The molecule has 0 nitrogen and oxygen atoms in total. The Labute approximate surface area is 90.6 Å². The minimum Gasteiger partial charge on any atom is -0.0561 e. The molecule has 0 unspecified atom stereocenters. The molecule has 0 spiro atoms. The van der Waals surface area contributed by atoms with Crippen molar-refractivity contribution in [2.45, 2.75) is 26.2 Å². The summed E-state index contributed by atoms with van der Waals surface area (Å²) in [6, 6.07) is 7.37. The van der Waals surface area contributed by atoms with Crippen molar-refractivity contribution >= 4 is 31.9 Å². The van der Waals surface area contributed by atoms with Crippen LogP contribution in [0.1, 0.15) is 26.3 Å². The third-order valence-electron chi connectivity index (χ3n) is 1.61. The quantitative estimate of drug-likeness (QED) is 0.668. The van der Waals surface area contributed by atoms with E-state index in [4.69, 9.17) is 0 Å². The Morgan fingerprint density at radius 2 is 1.75 bits per heavy atom. The standard InChI is InChI=1S/C10H11Br2/c1-10(2,3)7-4-8(11)6-9(12)5-7/h4,6H,1-3H3. The van der Waals surface area contributed by atoms with Gasteiger partial charge in [-0.1, -0.05) is 52.6 Å². The summed E-state index contributed by atoms with van der Waals surface area (Å²) in [5.41, 5.74) is 1.37. The molecule has 0 amide bonds. The van der Waals surface area contributed by atoms with Crippen molar-refractivity contribution in [3.63, 3.8) is 0 Å². The zero-order valence-corrected chi connectivity index (χ0v) is 10.6. The molecule has 0 heterocycles. The summed E-state index contributed by atoms with van der Waals surface area (Å²) >= 11 is 6.88. The first-order valence-electron chi connectivity index (χ1n) is 3.78. The van der Waals surface area contributed by atoms with Gasteiger partial charge in [-0.3, -0.25) is 0 Å². The van der Waals surface area contributed by atoms with E-state index in [0.717, 1.165) is 8.95 Å². The molecular formula is C10H11Br2. The molecule has 0 saturated carbocycles. The second-order valence-corrected chi connectivity index (χ2v) is 5.58. The van der Waals surface area contributed by atoms with E-state index in [-0.39, 0.29) is 5.41 Å². The summed E-state index contributed by atoms with van der Waals surface area (Å²) < 4.78 is 2.10. The van der Waals surface area contributed by atoms with Gasteiger partial charge in [0.25, 0.3) is 0 Å². The fraction of sp³-hybridized carbons (Fsp3) is 0.400. The highest BCUT2D eigenvalue weighted by atomic mass is 79.9. The maximum atomic E-state index is 3.46. The Balaban J connectivity index is 3.18. The SMILES string of the molecule is CC(C)(C)c1[c]c(Br)cc(Br)c1. The smallest absolute Gasteiger partial charge is 0.0268 e. The van der Waals surface area contributed by atoms with Gasteiger partial charge in [0.05, 0.1) is 0 Å². The monoisotopic (exact) mass is 289 g/mol. The van der Waals surface area contributed by atoms with Crippen LogP contribution in [-0.2, 0) is 5.41 Å². The third-order valence-corrected chi connectivity index (χ3v) is 2.49. The molecule has 0 atom stereocenters. The van der Waals surface area contributed by atoms with E-state index in [1.807, 2.05) is 6.07 Å². The van der Waals surface area contributed by atoms with E-state index in [0.29, 0.717) is 0 Å². The van der Waals surface area contributed by atoms with Crippen LogP contribution in [0.2, 0.25) is 0 Å². The van der Waals surface area contributed by atoms with Crippen LogP contribution in [0.5, 0.6) is 0 Å². The Hall–Kier alpha value is 0.180. The molecular weight excluding hydrogens is 280 g/mol. The minimum atomic E-state index is 0.159. The van der Waals surface area contributed by atoms with Crippen LogP contribution < -0.4 is 0 Å². The predicted octanol–water partition coefficient (Wildman–Crippen LogP) is 4.31. The molecule has 0 aromatic heterocycles. The van der Waals surface area contributed by atoms with E-state index in [1.54, 1.807) is 0 Å². The second-order valence-electron chi connectivity index (χ2n) is 3.81. The van der Waals surface area contributed by atoms with Gasteiger partial charge in [-0.25, -0.2) is 0 Å². The molecule has 0 aliphatic heterocycles.